The van der Waals surface area contributed by atoms with Gasteiger partial charge < -0.3 is 15.5 Å². The molecule has 1 aromatic heterocycles. The first-order valence-corrected chi connectivity index (χ1v) is 11.2. The van der Waals surface area contributed by atoms with E-state index in [1.165, 1.54) is 5.56 Å². The van der Waals surface area contributed by atoms with E-state index in [1.807, 2.05) is 56.3 Å². The highest BCUT2D eigenvalue weighted by atomic mass is 35.5. The van der Waals surface area contributed by atoms with E-state index in [2.05, 4.69) is 37.6 Å². The first-order chi connectivity index (χ1) is 15.5. The Morgan fingerprint density at radius 2 is 1.72 bits per heavy atom. The van der Waals surface area contributed by atoms with Crippen LogP contribution in [0.2, 0.25) is 5.02 Å². The van der Waals surface area contributed by atoms with Crippen LogP contribution >= 0.6 is 11.6 Å². The van der Waals surface area contributed by atoms with Gasteiger partial charge in [0.05, 0.1) is 11.9 Å². The third kappa shape index (κ3) is 5.78. The van der Waals surface area contributed by atoms with E-state index in [4.69, 9.17) is 11.6 Å². The molecule has 7 heteroatoms. The molecule has 32 heavy (non-hydrogen) atoms. The van der Waals surface area contributed by atoms with Crippen molar-refractivity contribution in [1.82, 2.24) is 9.88 Å². The van der Waals surface area contributed by atoms with Gasteiger partial charge in [-0.05, 0) is 60.9 Å². The van der Waals surface area contributed by atoms with Crippen LogP contribution in [0.1, 0.15) is 16.7 Å². The van der Waals surface area contributed by atoms with Crippen LogP contribution in [0.15, 0.2) is 60.8 Å². The Morgan fingerprint density at radius 3 is 2.41 bits per heavy atom. The number of aryl methyl sites for hydroxylation is 2. The van der Waals surface area contributed by atoms with Crippen LogP contribution in [0.4, 0.5) is 22.0 Å². The average Bonchev–Trinajstić information content (AvgIpc) is 2.79. The standard InChI is InChI=1S/C25H28ClN5O/c1-18-3-4-19(2)23(15-18)29-25(32)28-22-9-10-24(27-16-22)31-13-11-30(12-14-31)17-20-5-7-21(26)8-6-20/h3-10,15-16H,11-14,17H2,1-2H3,(H2,28,29,32). The van der Waals surface area contributed by atoms with Crippen molar-refractivity contribution in [2.75, 3.05) is 41.7 Å². The third-order valence-corrected chi connectivity index (χ3v) is 5.91. The van der Waals surface area contributed by atoms with Gasteiger partial charge in [0.25, 0.3) is 0 Å². The van der Waals surface area contributed by atoms with Gasteiger partial charge in [0.2, 0.25) is 0 Å². The van der Waals surface area contributed by atoms with Crippen LogP contribution in [0.5, 0.6) is 0 Å². The van der Waals surface area contributed by atoms with E-state index in [-0.39, 0.29) is 6.03 Å². The largest absolute Gasteiger partial charge is 0.354 e. The average molecular weight is 450 g/mol. The fraction of sp³-hybridized carbons (Fsp3) is 0.280. The van der Waals surface area contributed by atoms with Gasteiger partial charge in [-0.1, -0.05) is 35.9 Å². The fourth-order valence-electron chi connectivity index (χ4n) is 3.79. The maximum atomic E-state index is 12.4. The number of anilines is 3. The van der Waals surface area contributed by atoms with Gasteiger partial charge >= 0.3 is 6.03 Å². The molecule has 166 valence electrons. The smallest absolute Gasteiger partial charge is 0.323 e. The maximum Gasteiger partial charge on any atom is 0.323 e. The minimum atomic E-state index is -0.274. The van der Waals surface area contributed by atoms with Crippen molar-refractivity contribution in [3.63, 3.8) is 0 Å². The molecule has 0 saturated carbocycles. The summed E-state index contributed by atoms with van der Waals surface area (Å²) in [4.78, 5) is 21.6. The molecule has 0 radical (unpaired) electrons. The number of pyridine rings is 1. The van der Waals surface area contributed by atoms with Crippen molar-refractivity contribution in [2.45, 2.75) is 20.4 Å². The second-order valence-electron chi connectivity index (χ2n) is 8.19. The Bertz CT molecular complexity index is 1060. The van der Waals surface area contributed by atoms with Crippen LogP contribution < -0.4 is 15.5 Å². The SMILES string of the molecule is Cc1ccc(C)c(NC(=O)Nc2ccc(N3CCN(Cc4ccc(Cl)cc4)CC3)nc2)c1. The number of carbonyl (C=O) groups excluding carboxylic acids is 1. The summed E-state index contributed by atoms with van der Waals surface area (Å²) in [6, 6.07) is 17.6. The van der Waals surface area contributed by atoms with Crippen LogP contribution in [-0.2, 0) is 6.54 Å². The summed E-state index contributed by atoms with van der Waals surface area (Å²) >= 11 is 5.97. The summed E-state index contributed by atoms with van der Waals surface area (Å²) in [5.41, 5.74) is 4.87. The summed E-state index contributed by atoms with van der Waals surface area (Å²) in [6.45, 7) is 8.69. The molecule has 3 aromatic rings. The summed E-state index contributed by atoms with van der Waals surface area (Å²) in [5, 5.41) is 6.53. The normalized spacial score (nSPS) is 14.3. The van der Waals surface area contributed by atoms with Crippen molar-refractivity contribution in [1.29, 1.82) is 0 Å². The first-order valence-electron chi connectivity index (χ1n) is 10.8. The number of hydrogen-bond acceptors (Lipinski definition) is 4. The molecule has 0 unspecified atom stereocenters. The van der Waals surface area contributed by atoms with Crippen LogP contribution in [-0.4, -0.2) is 42.1 Å². The number of nitrogens with one attached hydrogen (secondary N) is 2. The summed E-state index contributed by atoms with van der Waals surface area (Å²) in [6.07, 6.45) is 1.71. The van der Waals surface area contributed by atoms with E-state index >= 15 is 0 Å². The van der Waals surface area contributed by atoms with E-state index in [0.717, 1.165) is 60.4 Å². The number of carbonyl (C=O) groups is 1. The zero-order valence-corrected chi connectivity index (χ0v) is 19.2. The zero-order chi connectivity index (χ0) is 22.5. The molecule has 2 aromatic carbocycles. The molecule has 0 bridgehead atoms. The Labute approximate surface area is 194 Å². The molecule has 0 atom stereocenters. The molecular weight excluding hydrogens is 422 g/mol. The zero-order valence-electron chi connectivity index (χ0n) is 18.4. The summed E-state index contributed by atoms with van der Waals surface area (Å²) in [5.74, 6) is 0.927. The number of urea groups is 1. The van der Waals surface area contributed by atoms with Crippen molar-refractivity contribution in [3.05, 3.63) is 82.5 Å². The molecule has 2 heterocycles. The first kappa shape index (κ1) is 22.1. The molecule has 4 rings (SSSR count). The number of amides is 2. The molecule has 2 amide bonds. The van der Waals surface area contributed by atoms with Crippen molar-refractivity contribution in [3.8, 4) is 0 Å². The number of benzene rings is 2. The van der Waals surface area contributed by atoms with Crippen LogP contribution in [0.25, 0.3) is 0 Å². The van der Waals surface area contributed by atoms with E-state index in [1.54, 1.807) is 6.20 Å². The predicted octanol–water partition coefficient (Wildman–Crippen LogP) is 5.32. The number of aromatic nitrogens is 1. The molecule has 1 aliphatic rings. The predicted molar refractivity (Wildman–Crippen MR) is 132 cm³/mol. The number of nitrogens with zero attached hydrogens (tertiary/aromatic N) is 3. The number of halogens is 1. The van der Waals surface area contributed by atoms with Crippen molar-refractivity contribution < 1.29 is 4.79 Å². The van der Waals surface area contributed by atoms with Crippen molar-refractivity contribution in [2.24, 2.45) is 0 Å². The van der Waals surface area contributed by atoms with Gasteiger partial charge in [-0.25, -0.2) is 9.78 Å². The lowest BCUT2D eigenvalue weighted by Crippen LogP contribution is -2.46. The Hall–Kier alpha value is -3.09. The number of hydrogen-bond donors (Lipinski definition) is 2. The summed E-state index contributed by atoms with van der Waals surface area (Å²) < 4.78 is 0. The molecular formula is C25H28ClN5O. The second kappa shape index (κ2) is 10.0. The van der Waals surface area contributed by atoms with Crippen LogP contribution in [0, 0.1) is 13.8 Å². The topological polar surface area (TPSA) is 60.5 Å². The van der Waals surface area contributed by atoms with Gasteiger partial charge in [-0.15, -0.1) is 0 Å². The van der Waals surface area contributed by atoms with Gasteiger partial charge in [0.15, 0.2) is 0 Å². The quantitative estimate of drug-likeness (QED) is 0.553. The minimum absolute atomic E-state index is 0.274. The monoisotopic (exact) mass is 449 g/mol. The van der Waals surface area contributed by atoms with Crippen molar-refractivity contribution >= 4 is 34.8 Å². The lowest BCUT2D eigenvalue weighted by atomic mass is 10.1. The molecule has 2 N–H and O–H groups in total. The molecule has 0 spiro atoms. The fourth-order valence-corrected chi connectivity index (χ4v) is 3.91. The third-order valence-electron chi connectivity index (χ3n) is 5.66. The Morgan fingerprint density at radius 1 is 0.969 bits per heavy atom. The van der Waals surface area contributed by atoms with Gasteiger partial charge in [-0.3, -0.25) is 4.90 Å². The number of piperazine rings is 1. The Balaban J connectivity index is 1.28. The summed E-state index contributed by atoms with van der Waals surface area (Å²) in [7, 11) is 0. The van der Waals surface area contributed by atoms with Crippen LogP contribution in [0.3, 0.4) is 0 Å². The van der Waals surface area contributed by atoms with Gasteiger partial charge in [0, 0.05) is 43.4 Å². The van der Waals surface area contributed by atoms with E-state index in [0.29, 0.717) is 5.69 Å². The van der Waals surface area contributed by atoms with E-state index < -0.39 is 0 Å². The molecule has 1 aliphatic heterocycles. The van der Waals surface area contributed by atoms with Gasteiger partial charge in [0.1, 0.15) is 5.82 Å². The highest BCUT2D eigenvalue weighted by Crippen LogP contribution is 2.19. The van der Waals surface area contributed by atoms with Gasteiger partial charge in [-0.2, -0.15) is 0 Å². The minimum Gasteiger partial charge on any atom is -0.354 e. The second-order valence-corrected chi connectivity index (χ2v) is 8.63. The molecule has 6 nitrogen and oxygen atoms in total. The molecule has 1 saturated heterocycles. The maximum absolute atomic E-state index is 12.4. The van der Waals surface area contributed by atoms with E-state index in [9.17, 15) is 4.79 Å². The highest BCUT2D eigenvalue weighted by molar-refractivity contribution is 6.30. The number of rotatable bonds is 5. The lowest BCUT2D eigenvalue weighted by molar-refractivity contribution is 0.249. The lowest BCUT2D eigenvalue weighted by Gasteiger charge is -2.35. The Kier molecular flexibility index (Phi) is 6.93. The highest BCUT2D eigenvalue weighted by Gasteiger charge is 2.18. The molecule has 0 aliphatic carbocycles. The molecule has 1 fully saturated rings.